The Hall–Kier alpha value is -2.89. The molecule has 1 aromatic heterocycles. The zero-order valence-electron chi connectivity index (χ0n) is 13.2. The first-order valence-corrected chi connectivity index (χ1v) is 7.03. The molecular weight excluding hydrogens is 296 g/mol. The number of aromatic carboxylic acids is 1. The lowest BCUT2D eigenvalue weighted by Gasteiger charge is -2.19. The molecule has 6 heteroatoms. The summed E-state index contributed by atoms with van der Waals surface area (Å²) in [4.78, 5) is 26.6. The van der Waals surface area contributed by atoms with Crippen LogP contribution in [0.25, 0.3) is 11.1 Å². The number of rotatable bonds is 3. The van der Waals surface area contributed by atoms with E-state index >= 15 is 0 Å². The lowest BCUT2D eigenvalue weighted by atomic mass is 10.1. The molecule has 120 valence electrons. The molecule has 2 rings (SSSR count). The van der Waals surface area contributed by atoms with Crippen molar-refractivity contribution in [3.05, 3.63) is 48.3 Å². The van der Waals surface area contributed by atoms with Crippen LogP contribution in [-0.4, -0.2) is 27.8 Å². The first-order valence-electron chi connectivity index (χ1n) is 7.03. The minimum Gasteiger partial charge on any atom is -0.478 e. The average molecular weight is 314 g/mol. The van der Waals surface area contributed by atoms with Gasteiger partial charge in [-0.05, 0) is 44.5 Å². The van der Waals surface area contributed by atoms with Gasteiger partial charge in [0.05, 0.1) is 5.56 Å². The van der Waals surface area contributed by atoms with E-state index in [-0.39, 0.29) is 5.56 Å². The van der Waals surface area contributed by atoms with Gasteiger partial charge in [-0.3, -0.25) is 10.3 Å². The van der Waals surface area contributed by atoms with E-state index in [2.05, 4.69) is 10.3 Å². The Morgan fingerprint density at radius 2 is 1.74 bits per heavy atom. The number of nitrogens with one attached hydrogen (secondary N) is 1. The Bertz CT molecular complexity index is 718. The lowest BCUT2D eigenvalue weighted by Crippen LogP contribution is -2.27. The second-order valence-corrected chi connectivity index (χ2v) is 5.97. The van der Waals surface area contributed by atoms with Crippen LogP contribution in [0.15, 0.2) is 42.7 Å². The number of nitrogens with zero attached hydrogens (tertiary/aromatic N) is 1. The smallest absolute Gasteiger partial charge is 0.412 e. The molecule has 6 nitrogen and oxygen atoms in total. The van der Waals surface area contributed by atoms with Crippen molar-refractivity contribution in [1.29, 1.82) is 0 Å². The van der Waals surface area contributed by atoms with Crippen LogP contribution >= 0.6 is 0 Å². The first kappa shape index (κ1) is 16.5. The highest BCUT2D eigenvalue weighted by Gasteiger charge is 2.16. The van der Waals surface area contributed by atoms with Crippen molar-refractivity contribution in [2.45, 2.75) is 26.4 Å². The SMILES string of the molecule is CC(C)(C)OC(=O)Nc1ccc(-c2cncc(C(=O)O)c2)cc1. The third-order valence-corrected chi connectivity index (χ3v) is 2.85. The molecule has 1 heterocycles. The lowest BCUT2D eigenvalue weighted by molar-refractivity contribution is 0.0634. The monoisotopic (exact) mass is 314 g/mol. The number of amides is 1. The molecule has 1 amide bonds. The summed E-state index contributed by atoms with van der Waals surface area (Å²) in [5.41, 5.74) is 1.64. The minimum atomic E-state index is -1.03. The number of hydrogen-bond donors (Lipinski definition) is 2. The van der Waals surface area contributed by atoms with E-state index in [4.69, 9.17) is 9.84 Å². The summed E-state index contributed by atoms with van der Waals surface area (Å²) in [6.07, 6.45) is 2.35. The molecule has 0 saturated heterocycles. The highest BCUT2D eigenvalue weighted by molar-refractivity contribution is 5.89. The summed E-state index contributed by atoms with van der Waals surface area (Å²) < 4.78 is 5.17. The molecule has 0 bridgehead atoms. The predicted molar refractivity (Wildman–Crippen MR) is 86.5 cm³/mol. The van der Waals surface area contributed by atoms with Crippen molar-refractivity contribution in [2.24, 2.45) is 0 Å². The second-order valence-electron chi connectivity index (χ2n) is 5.97. The van der Waals surface area contributed by atoms with E-state index in [0.717, 1.165) is 5.56 Å². The van der Waals surface area contributed by atoms with E-state index < -0.39 is 17.7 Å². The van der Waals surface area contributed by atoms with Crippen molar-refractivity contribution in [2.75, 3.05) is 5.32 Å². The molecule has 0 unspecified atom stereocenters. The number of benzene rings is 1. The molecule has 0 radical (unpaired) electrons. The average Bonchev–Trinajstić information content (AvgIpc) is 2.46. The van der Waals surface area contributed by atoms with Crippen molar-refractivity contribution in [3.63, 3.8) is 0 Å². The number of pyridine rings is 1. The van der Waals surface area contributed by atoms with E-state index in [1.165, 1.54) is 6.20 Å². The highest BCUT2D eigenvalue weighted by Crippen LogP contribution is 2.22. The second kappa shape index (κ2) is 6.48. The van der Waals surface area contributed by atoms with Gasteiger partial charge in [0, 0.05) is 23.6 Å². The van der Waals surface area contributed by atoms with E-state index in [1.54, 1.807) is 57.3 Å². The summed E-state index contributed by atoms with van der Waals surface area (Å²) in [7, 11) is 0. The molecular formula is C17H18N2O4. The van der Waals surface area contributed by atoms with Gasteiger partial charge in [-0.25, -0.2) is 9.59 Å². The van der Waals surface area contributed by atoms with Crippen LogP contribution in [0, 0.1) is 0 Å². The van der Waals surface area contributed by atoms with Crippen LogP contribution in [0.2, 0.25) is 0 Å². The van der Waals surface area contributed by atoms with E-state index in [0.29, 0.717) is 11.3 Å². The van der Waals surface area contributed by atoms with Gasteiger partial charge in [-0.2, -0.15) is 0 Å². The number of carbonyl (C=O) groups excluding carboxylic acids is 1. The number of carboxylic acid groups (broad SMARTS) is 1. The summed E-state index contributed by atoms with van der Waals surface area (Å²) in [5.74, 6) is -1.03. The maximum atomic E-state index is 11.7. The van der Waals surface area contributed by atoms with Gasteiger partial charge < -0.3 is 9.84 Å². The third kappa shape index (κ3) is 4.81. The maximum absolute atomic E-state index is 11.7. The molecule has 0 spiro atoms. The number of anilines is 1. The Labute approximate surface area is 134 Å². The summed E-state index contributed by atoms with van der Waals surface area (Å²) in [6, 6.07) is 8.52. The fraction of sp³-hybridized carbons (Fsp3) is 0.235. The van der Waals surface area contributed by atoms with Gasteiger partial charge in [0.25, 0.3) is 0 Å². The van der Waals surface area contributed by atoms with Gasteiger partial charge in [-0.1, -0.05) is 12.1 Å². The zero-order valence-corrected chi connectivity index (χ0v) is 13.2. The molecule has 0 fully saturated rings. The Balaban J connectivity index is 2.12. The van der Waals surface area contributed by atoms with Crippen molar-refractivity contribution >= 4 is 17.7 Å². The maximum Gasteiger partial charge on any atom is 0.412 e. The Kier molecular flexibility index (Phi) is 4.64. The highest BCUT2D eigenvalue weighted by atomic mass is 16.6. The summed E-state index contributed by atoms with van der Waals surface area (Å²) >= 11 is 0. The number of hydrogen-bond acceptors (Lipinski definition) is 4. The van der Waals surface area contributed by atoms with Crippen LogP contribution in [0.4, 0.5) is 10.5 Å². The fourth-order valence-electron chi connectivity index (χ4n) is 1.88. The molecule has 0 aliphatic heterocycles. The summed E-state index contributed by atoms with van der Waals surface area (Å²) in [6.45, 7) is 5.37. The Morgan fingerprint density at radius 3 is 2.30 bits per heavy atom. The summed E-state index contributed by atoms with van der Waals surface area (Å²) in [5, 5.41) is 11.6. The molecule has 23 heavy (non-hydrogen) atoms. The Morgan fingerprint density at radius 1 is 1.09 bits per heavy atom. The first-order chi connectivity index (χ1) is 10.7. The third-order valence-electron chi connectivity index (χ3n) is 2.85. The predicted octanol–water partition coefficient (Wildman–Crippen LogP) is 3.79. The molecule has 0 saturated carbocycles. The van der Waals surface area contributed by atoms with Crippen LogP contribution in [0.5, 0.6) is 0 Å². The van der Waals surface area contributed by atoms with E-state index in [1.807, 2.05) is 0 Å². The van der Waals surface area contributed by atoms with E-state index in [9.17, 15) is 9.59 Å². The van der Waals surface area contributed by atoms with Gasteiger partial charge in [-0.15, -0.1) is 0 Å². The number of ether oxygens (including phenoxy) is 1. The van der Waals surface area contributed by atoms with Crippen LogP contribution in [-0.2, 0) is 4.74 Å². The number of aromatic nitrogens is 1. The number of carboxylic acids is 1. The van der Waals surface area contributed by atoms with Crippen LogP contribution in [0.1, 0.15) is 31.1 Å². The fourth-order valence-corrected chi connectivity index (χ4v) is 1.88. The molecule has 1 aromatic carbocycles. The molecule has 0 aliphatic carbocycles. The van der Waals surface area contributed by atoms with Gasteiger partial charge in [0.15, 0.2) is 0 Å². The molecule has 0 atom stereocenters. The largest absolute Gasteiger partial charge is 0.478 e. The zero-order chi connectivity index (χ0) is 17.0. The van der Waals surface area contributed by atoms with Crippen molar-refractivity contribution in [1.82, 2.24) is 4.98 Å². The molecule has 0 aliphatic rings. The molecule has 2 N–H and O–H groups in total. The van der Waals surface area contributed by atoms with Crippen molar-refractivity contribution < 1.29 is 19.4 Å². The van der Waals surface area contributed by atoms with Gasteiger partial charge >= 0.3 is 12.1 Å². The topological polar surface area (TPSA) is 88.5 Å². The quantitative estimate of drug-likeness (QED) is 0.899. The standard InChI is InChI=1S/C17H18N2O4/c1-17(2,3)23-16(22)19-14-6-4-11(5-7-14)12-8-13(15(20)21)10-18-9-12/h4-10H,1-3H3,(H,19,22)(H,20,21). The molecule has 2 aromatic rings. The van der Waals surface area contributed by atoms with Crippen LogP contribution in [0.3, 0.4) is 0 Å². The number of carbonyl (C=O) groups is 2. The van der Waals surface area contributed by atoms with Gasteiger partial charge in [0.1, 0.15) is 5.60 Å². The minimum absolute atomic E-state index is 0.124. The van der Waals surface area contributed by atoms with Crippen LogP contribution < -0.4 is 5.32 Å². The van der Waals surface area contributed by atoms with Crippen molar-refractivity contribution in [3.8, 4) is 11.1 Å². The van der Waals surface area contributed by atoms with Gasteiger partial charge in [0.2, 0.25) is 0 Å². The normalized spacial score (nSPS) is 10.9.